The molecular formula is C24H25NO4. The number of ether oxygens (including phenoxy) is 3. The lowest BCUT2D eigenvalue weighted by atomic mass is 10.1. The number of amides is 1. The highest BCUT2D eigenvalue weighted by Gasteiger charge is 2.13. The van der Waals surface area contributed by atoms with Crippen LogP contribution >= 0.6 is 0 Å². The highest BCUT2D eigenvalue weighted by Crippen LogP contribution is 2.26. The summed E-state index contributed by atoms with van der Waals surface area (Å²) < 4.78 is 16.8. The summed E-state index contributed by atoms with van der Waals surface area (Å²) in [5, 5.41) is 2.89. The lowest BCUT2D eigenvalue weighted by Crippen LogP contribution is -2.13. The second kappa shape index (κ2) is 10.3. The summed E-state index contributed by atoms with van der Waals surface area (Å²) in [6.45, 7) is 3.30. The molecule has 3 aromatic rings. The van der Waals surface area contributed by atoms with Crippen LogP contribution in [0.25, 0.3) is 0 Å². The number of benzene rings is 3. The molecule has 0 saturated carbocycles. The maximum Gasteiger partial charge on any atom is 0.255 e. The van der Waals surface area contributed by atoms with Gasteiger partial charge in [-0.3, -0.25) is 4.79 Å². The van der Waals surface area contributed by atoms with E-state index in [0.29, 0.717) is 36.8 Å². The summed E-state index contributed by atoms with van der Waals surface area (Å²) in [5.41, 5.74) is 3.07. The van der Waals surface area contributed by atoms with Crippen molar-refractivity contribution >= 4 is 11.6 Å². The molecule has 0 radical (unpaired) electrons. The maximum absolute atomic E-state index is 12.8. The largest absolute Gasteiger partial charge is 0.495 e. The number of hydrogen-bond acceptors (Lipinski definition) is 4. The number of hydrogen-bond donors (Lipinski definition) is 1. The second-order valence-electron chi connectivity index (χ2n) is 6.39. The Morgan fingerprint density at radius 3 is 2.41 bits per heavy atom. The minimum absolute atomic E-state index is 0.221. The van der Waals surface area contributed by atoms with E-state index in [2.05, 4.69) is 5.32 Å². The van der Waals surface area contributed by atoms with Crippen LogP contribution in [0, 0.1) is 0 Å². The minimum Gasteiger partial charge on any atom is -0.495 e. The molecule has 0 saturated heterocycles. The molecule has 0 atom stereocenters. The number of carbonyl (C=O) groups excluding carboxylic acids is 1. The molecule has 29 heavy (non-hydrogen) atoms. The van der Waals surface area contributed by atoms with Gasteiger partial charge in [0, 0.05) is 11.1 Å². The Hall–Kier alpha value is -3.31. The van der Waals surface area contributed by atoms with Gasteiger partial charge in [-0.05, 0) is 42.8 Å². The van der Waals surface area contributed by atoms with Crippen molar-refractivity contribution in [3.8, 4) is 11.5 Å². The van der Waals surface area contributed by atoms with E-state index in [1.165, 1.54) is 0 Å². The first-order chi connectivity index (χ1) is 14.2. The third-order valence-corrected chi connectivity index (χ3v) is 4.35. The molecule has 0 unspecified atom stereocenters. The first-order valence-electron chi connectivity index (χ1n) is 9.53. The molecule has 0 aliphatic carbocycles. The highest BCUT2D eigenvalue weighted by atomic mass is 16.5. The first kappa shape index (κ1) is 20.4. The Labute approximate surface area is 171 Å². The number of para-hydroxylation sites is 2. The maximum atomic E-state index is 12.8. The van der Waals surface area contributed by atoms with E-state index in [1.807, 2.05) is 55.5 Å². The third-order valence-electron chi connectivity index (χ3n) is 4.35. The van der Waals surface area contributed by atoms with Crippen molar-refractivity contribution in [2.75, 3.05) is 19.0 Å². The van der Waals surface area contributed by atoms with Crippen molar-refractivity contribution < 1.29 is 19.0 Å². The summed E-state index contributed by atoms with van der Waals surface area (Å²) in [6.07, 6.45) is 0. The van der Waals surface area contributed by atoms with Gasteiger partial charge in [0.25, 0.3) is 5.91 Å². The molecule has 0 aliphatic heterocycles. The Kier molecular flexibility index (Phi) is 7.25. The average Bonchev–Trinajstić information content (AvgIpc) is 2.76. The number of rotatable bonds is 9. The van der Waals surface area contributed by atoms with Crippen LogP contribution < -0.4 is 14.8 Å². The van der Waals surface area contributed by atoms with Gasteiger partial charge in [-0.2, -0.15) is 0 Å². The van der Waals surface area contributed by atoms with E-state index in [4.69, 9.17) is 14.2 Å². The lowest BCUT2D eigenvalue weighted by Gasteiger charge is -2.14. The molecule has 0 bridgehead atoms. The van der Waals surface area contributed by atoms with Gasteiger partial charge in [0.2, 0.25) is 0 Å². The van der Waals surface area contributed by atoms with Crippen molar-refractivity contribution in [1.29, 1.82) is 0 Å². The van der Waals surface area contributed by atoms with Crippen LogP contribution in [0.15, 0.2) is 72.8 Å². The van der Waals surface area contributed by atoms with E-state index < -0.39 is 0 Å². The highest BCUT2D eigenvalue weighted by molar-refractivity contribution is 6.05. The monoisotopic (exact) mass is 391 g/mol. The predicted octanol–water partition coefficient (Wildman–Crippen LogP) is 5.06. The number of methoxy groups -OCH3 is 1. The summed E-state index contributed by atoms with van der Waals surface area (Å²) in [4.78, 5) is 12.8. The molecular weight excluding hydrogens is 366 g/mol. The van der Waals surface area contributed by atoms with Crippen molar-refractivity contribution in [1.82, 2.24) is 0 Å². The fourth-order valence-corrected chi connectivity index (χ4v) is 2.93. The van der Waals surface area contributed by atoms with E-state index in [1.54, 1.807) is 31.4 Å². The number of nitrogens with one attached hydrogen (secondary N) is 1. The SMILES string of the molecule is CCOc1ccc(C(=O)Nc2ccccc2OC)cc1COCc1ccccc1. The molecule has 5 nitrogen and oxygen atoms in total. The molecule has 0 spiro atoms. The molecule has 5 heteroatoms. The summed E-state index contributed by atoms with van der Waals surface area (Å²) in [5.74, 6) is 1.11. The zero-order valence-corrected chi connectivity index (χ0v) is 16.7. The van der Waals surface area contributed by atoms with Crippen LogP contribution in [0.3, 0.4) is 0 Å². The predicted molar refractivity (Wildman–Crippen MR) is 113 cm³/mol. The third kappa shape index (κ3) is 5.59. The molecule has 1 amide bonds. The van der Waals surface area contributed by atoms with Crippen LogP contribution in [-0.2, 0) is 18.0 Å². The number of anilines is 1. The van der Waals surface area contributed by atoms with Gasteiger partial charge in [-0.15, -0.1) is 0 Å². The molecule has 0 aromatic heterocycles. The summed E-state index contributed by atoms with van der Waals surface area (Å²) >= 11 is 0. The average molecular weight is 391 g/mol. The van der Waals surface area contributed by atoms with E-state index in [9.17, 15) is 4.79 Å². The summed E-state index contributed by atoms with van der Waals surface area (Å²) in [6, 6.07) is 22.6. The normalized spacial score (nSPS) is 10.4. The van der Waals surface area contributed by atoms with Crippen LogP contribution in [0.5, 0.6) is 11.5 Å². The topological polar surface area (TPSA) is 56.8 Å². The first-order valence-corrected chi connectivity index (χ1v) is 9.53. The van der Waals surface area contributed by atoms with Gasteiger partial charge in [0.05, 0.1) is 32.6 Å². The van der Waals surface area contributed by atoms with Gasteiger partial charge >= 0.3 is 0 Å². The van der Waals surface area contributed by atoms with Crippen LogP contribution in [0.2, 0.25) is 0 Å². The lowest BCUT2D eigenvalue weighted by molar-refractivity contribution is 0.101. The fraction of sp³-hybridized carbons (Fsp3) is 0.208. The zero-order chi connectivity index (χ0) is 20.5. The van der Waals surface area contributed by atoms with Crippen LogP contribution in [-0.4, -0.2) is 19.6 Å². The van der Waals surface area contributed by atoms with Crippen molar-refractivity contribution in [3.05, 3.63) is 89.5 Å². The smallest absolute Gasteiger partial charge is 0.255 e. The van der Waals surface area contributed by atoms with E-state index in [0.717, 1.165) is 16.9 Å². The quantitative estimate of drug-likeness (QED) is 0.554. The van der Waals surface area contributed by atoms with Crippen molar-refractivity contribution in [2.45, 2.75) is 20.1 Å². The molecule has 3 rings (SSSR count). The Bertz CT molecular complexity index is 941. The summed E-state index contributed by atoms with van der Waals surface area (Å²) in [7, 11) is 1.57. The molecule has 3 aromatic carbocycles. The zero-order valence-electron chi connectivity index (χ0n) is 16.7. The molecule has 0 fully saturated rings. The Morgan fingerprint density at radius 1 is 0.897 bits per heavy atom. The Balaban J connectivity index is 1.73. The number of carbonyl (C=O) groups is 1. The fourth-order valence-electron chi connectivity index (χ4n) is 2.93. The minimum atomic E-state index is -0.221. The molecule has 1 N–H and O–H groups in total. The van der Waals surface area contributed by atoms with Gasteiger partial charge in [-0.1, -0.05) is 42.5 Å². The van der Waals surface area contributed by atoms with Crippen molar-refractivity contribution in [2.24, 2.45) is 0 Å². The van der Waals surface area contributed by atoms with Crippen LogP contribution in [0.4, 0.5) is 5.69 Å². The molecule has 0 heterocycles. The van der Waals surface area contributed by atoms with E-state index >= 15 is 0 Å². The molecule has 0 aliphatic rings. The standard InChI is InChI=1S/C24H25NO4/c1-3-29-22-14-13-19(24(26)25-21-11-7-8-12-23(21)27-2)15-20(22)17-28-16-18-9-5-4-6-10-18/h4-15H,3,16-17H2,1-2H3,(H,25,26). The van der Waals surface area contributed by atoms with Gasteiger partial charge < -0.3 is 19.5 Å². The Morgan fingerprint density at radius 2 is 1.66 bits per heavy atom. The second-order valence-corrected chi connectivity index (χ2v) is 6.39. The van der Waals surface area contributed by atoms with Crippen LogP contribution in [0.1, 0.15) is 28.4 Å². The van der Waals surface area contributed by atoms with Crippen molar-refractivity contribution in [3.63, 3.8) is 0 Å². The molecule has 150 valence electrons. The van der Waals surface area contributed by atoms with Gasteiger partial charge in [-0.25, -0.2) is 0 Å². The van der Waals surface area contributed by atoms with Gasteiger partial charge in [0.15, 0.2) is 0 Å². The van der Waals surface area contributed by atoms with Gasteiger partial charge in [0.1, 0.15) is 11.5 Å². The van der Waals surface area contributed by atoms with E-state index in [-0.39, 0.29) is 5.91 Å².